The van der Waals surface area contributed by atoms with Gasteiger partial charge in [0.15, 0.2) is 0 Å². The van der Waals surface area contributed by atoms with E-state index in [1.165, 1.54) is 7.11 Å². The van der Waals surface area contributed by atoms with Gasteiger partial charge in [0.2, 0.25) is 10.0 Å². The normalized spacial score (nSPS) is 32.1. The van der Waals surface area contributed by atoms with Gasteiger partial charge >= 0.3 is 5.97 Å². The third-order valence-corrected chi connectivity index (χ3v) is 5.06. The van der Waals surface area contributed by atoms with E-state index < -0.39 is 28.1 Å². The Morgan fingerprint density at radius 2 is 2.00 bits per heavy atom. The lowest BCUT2D eigenvalue weighted by Gasteiger charge is -2.17. The number of hydrogen-bond donors (Lipinski definition) is 1. The Kier molecular flexibility index (Phi) is 5.55. The summed E-state index contributed by atoms with van der Waals surface area (Å²) < 4.78 is 47.2. The Hall–Kier alpha value is -0.740. The van der Waals surface area contributed by atoms with Crippen LogP contribution >= 0.6 is 0 Å². The lowest BCUT2D eigenvalue weighted by molar-refractivity contribution is -0.150. The Morgan fingerprint density at radius 1 is 1.29 bits per heavy atom. The van der Waals surface area contributed by atoms with Crippen LogP contribution in [0.5, 0.6) is 0 Å². The molecule has 122 valence electrons. The summed E-state index contributed by atoms with van der Waals surface area (Å²) in [6.45, 7) is 2.12. The van der Waals surface area contributed by atoms with Crippen LogP contribution in [0.2, 0.25) is 0 Å². The zero-order valence-electron chi connectivity index (χ0n) is 12.1. The van der Waals surface area contributed by atoms with Crippen LogP contribution in [0, 0.1) is 0 Å². The molecule has 2 saturated heterocycles. The second-order valence-corrected chi connectivity index (χ2v) is 6.94. The van der Waals surface area contributed by atoms with Gasteiger partial charge in [-0.2, -0.15) is 0 Å². The van der Waals surface area contributed by atoms with E-state index >= 15 is 0 Å². The van der Waals surface area contributed by atoms with E-state index in [9.17, 15) is 13.2 Å². The summed E-state index contributed by atoms with van der Waals surface area (Å²) in [5.74, 6) is -0.403. The molecule has 0 aromatic rings. The monoisotopic (exact) mass is 323 g/mol. The van der Waals surface area contributed by atoms with Gasteiger partial charge in [-0.15, -0.1) is 0 Å². The minimum absolute atomic E-state index is 0.0726. The highest BCUT2D eigenvalue weighted by Crippen LogP contribution is 2.29. The molecule has 0 radical (unpaired) electrons. The molecule has 2 heterocycles. The highest BCUT2D eigenvalue weighted by molar-refractivity contribution is 7.89. The van der Waals surface area contributed by atoms with Gasteiger partial charge in [-0.25, -0.2) is 17.9 Å². The number of rotatable bonds is 7. The summed E-state index contributed by atoms with van der Waals surface area (Å²) in [5, 5.41) is 0. The van der Waals surface area contributed by atoms with E-state index in [2.05, 4.69) is 9.46 Å². The van der Waals surface area contributed by atoms with Crippen molar-refractivity contribution < 1.29 is 32.2 Å². The van der Waals surface area contributed by atoms with Crippen LogP contribution in [0.25, 0.3) is 0 Å². The lowest BCUT2D eigenvalue weighted by atomic mass is 10.1. The minimum atomic E-state index is -3.33. The summed E-state index contributed by atoms with van der Waals surface area (Å²) in [7, 11) is -2.04. The Bertz CT molecular complexity index is 466. The van der Waals surface area contributed by atoms with Crippen LogP contribution in [0.3, 0.4) is 0 Å². The van der Waals surface area contributed by atoms with Crippen molar-refractivity contribution in [1.82, 2.24) is 4.72 Å². The predicted molar refractivity (Wildman–Crippen MR) is 72.2 cm³/mol. The molecular weight excluding hydrogens is 302 g/mol. The van der Waals surface area contributed by atoms with Crippen LogP contribution in [0.15, 0.2) is 0 Å². The first-order valence-electron chi connectivity index (χ1n) is 6.88. The zero-order valence-corrected chi connectivity index (χ0v) is 12.9. The first-order chi connectivity index (χ1) is 9.96. The molecule has 0 spiro atoms. The minimum Gasteiger partial charge on any atom is -0.467 e. The van der Waals surface area contributed by atoms with Gasteiger partial charge < -0.3 is 18.9 Å². The van der Waals surface area contributed by atoms with Crippen LogP contribution in [0.4, 0.5) is 0 Å². The van der Waals surface area contributed by atoms with Crippen LogP contribution < -0.4 is 4.72 Å². The van der Waals surface area contributed by atoms with E-state index in [-0.39, 0.29) is 37.8 Å². The van der Waals surface area contributed by atoms with Crippen molar-refractivity contribution in [3.63, 3.8) is 0 Å². The van der Waals surface area contributed by atoms with Crippen LogP contribution in [-0.2, 0) is 33.8 Å². The number of carbonyl (C=O) groups excluding carboxylic acids is 1. The molecule has 0 aromatic heterocycles. The quantitative estimate of drug-likeness (QED) is 0.602. The number of fused-ring (bicyclic) bond motifs is 1. The molecule has 9 heteroatoms. The Labute approximate surface area is 124 Å². The lowest BCUT2D eigenvalue weighted by Crippen LogP contribution is -2.45. The first-order valence-corrected chi connectivity index (χ1v) is 8.53. The fourth-order valence-electron chi connectivity index (χ4n) is 2.50. The molecule has 0 bridgehead atoms. The average Bonchev–Trinajstić information content (AvgIpc) is 2.99. The van der Waals surface area contributed by atoms with Crippen molar-refractivity contribution in [2.45, 2.75) is 37.7 Å². The number of hydrogen-bond acceptors (Lipinski definition) is 7. The number of ether oxygens (including phenoxy) is 4. The topological polar surface area (TPSA) is 100 Å². The molecule has 2 rings (SSSR count). The van der Waals surface area contributed by atoms with Crippen molar-refractivity contribution >= 4 is 16.0 Å². The van der Waals surface area contributed by atoms with Gasteiger partial charge in [-0.05, 0) is 6.42 Å². The Morgan fingerprint density at radius 3 is 2.67 bits per heavy atom. The molecule has 0 saturated carbocycles. The second kappa shape index (κ2) is 7.01. The second-order valence-electron chi connectivity index (χ2n) is 5.06. The van der Waals surface area contributed by atoms with Gasteiger partial charge in [0.05, 0.1) is 32.1 Å². The third kappa shape index (κ3) is 4.13. The summed E-state index contributed by atoms with van der Waals surface area (Å²) >= 11 is 0. The van der Waals surface area contributed by atoms with Gasteiger partial charge in [-0.3, -0.25) is 0 Å². The van der Waals surface area contributed by atoms with Crippen molar-refractivity contribution in [1.29, 1.82) is 0 Å². The molecule has 0 amide bonds. The fourth-order valence-corrected chi connectivity index (χ4v) is 3.82. The van der Waals surface area contributed by atoms with E-state index in [0.717, 1.165) is 0 Å². The molecule has 21 heavy (non-hydrogen) atoms. The van der Waals surface area contributed by atoms with Crippen molar-refractivity contribution in [3.05, 3.63) is 0 Å². The van der Waals surface area contributed by atoms with Gasteiger partial charge in [0.1, 0.15) is 24.9 Å². The average molecular weight is 323 g/mol. The molecule has 1 N–H and O–H groups in total. The van der Waals surface area contributed by atoms with Crippen LogP contribution in [0.1, 0.15) is 13.3 Å². The van der Waals surface area contributed by atoms with Crippen molar-refractivity contribution in [2.24, 2.45) is 0 Å². The highest BCUT2D eigenvalue weighted by Gasteiger charge is 2.49. The summed E-state index contributed by atoms with van der Waals surface area (Å²) in [6, 6.07) is -0.418. The molecule has 2 aliphatic heterocycles. The van der Waals surface area contributed by atoms with Gasteiger partial charge in [0, 0.05) is 0 Å². The molecule has 4 atom stereocenters. The standard InChI is InChI=1S/C12H21NO7S/c1-3-4-21(15,16)13-8-5-19-12-9(6-20-11(8)12)18-7-10(14)17-2/h8-9,11-13H,3-7H2,1-2H3. The van der Waals surface area contributed by atoms with E-state index in [0.29, 0.717) is 6.42 Å². The maximum absolute atomic E-state index is 11.8. The van der Waals surface area contributed by atoms with Gasteiger partial charge in [-0.1, -0.05) is 6.92 Å². The Balaban J connectivity index is 1.88. The summed E-state index contributed by atoms with van der Waals surface area (Å²) in [5.41, 5.74) is 0. The number of sulfonamides is 1. The first kappa shape index (κ1) is 16.6. The molecule has 0 aliphatic carbocycles. The fraction of sp³-hybridized carbons (Fsp3) is 0.917. The van der Waals surface area contributed by atoms with E-state index in [1.807, 2.05) is 0 Å². The number of methoxy groups -OCH3 is 1. The van der Waals surface area contributed by atoms with E-state index in [1.54, 1.807) is 6.92 Å². The summed E-state index contributed by atoms with van der Waals surface area (Å²) in [4.78, 5) is 11.1. The maximum Gasteiger partial charge on any atom is 0.331 e. The number of carbonyl (C=O) groups is 1. The smallest absolute Gasteiger partial charge is 0.331 e. The van der Waals surface area contributed by atoms with Gasteiger partial charge in [0.25, 0.3) is 0 Å². The predicted octanol–water partition coefficient (Wildman–Crippen LogP) is -0.960. The zero-order chi connectivity index (χ0) is 15.5. The van der Waals surface area contributed by atoms with Crippen LogP contribution in [-0.4, -0.2) is 71.4 Å². The third-order valence-electron chi connectivity index (χ3n) is 3.45. The maximum atomic E-state index is 11.8. The van der Waals surface area contributed by atoms with E-state index in [4.69, 9.17) is 14.2 Å². The molecule has 8 nitrogen and oxygen atoms in total. The SMILES string of the molecule is CCCS(=O)(=O)NC1COC2C(OCC(=O)OC)COC12. The molecular formula is C12H21NO7S. The molecule has 2 fully saturated rings. The number of esters is 1. The largest absolute Gasteiger partial charge is 0.467 e. The highest BCUT2D eigenvalue weighted by atomic mass is 32.2. The summed E-state index contributed by atoms with van der Waals surface area (Å²) in [6.07, 6.45) is -0.610. The molecule has 0 aromatic carbocycles. The molecule has 2 aliphatic rings. The van der Waals surface area contributed by atoms with Crippen molar-refractivity contribution in [3.8, 4) is 0 Å². The molecule has 4 unspecified atom stereocenters. The van der Waals surface area contributed by atoms with Crippen molar-refractivity contribution in [2.75, 3.05) is 32.7 Å². The number of nitrogens with one attached hydrogen (secondary N) is 1.